The first-order chi connectivity index (χ1) is 38.0. The van der Waals surface area contributed by atoms with E-state index in [0.29, 0.717) is 19.3 Å². The Hall–Kier alpha value is -3.15. The van der Waals surface area contributed by atoms with E-state index >= 15 is 0 Å². The van der Waals surface area contributed by atoms with Crippen LogP contribution in [-0.2, 0) is 28.6 Å². The smallest absolute Gasteiger partial charge is 0.306 e. The maximum atomic E-state index is 12.9. The number of hydrogen-bond acceptors (Lipinski definition) is 6. The molecule has 0 radical (unpaired) electrons. The van der Waals surface area contributed by atoms with Crippen LogP contribution in [-0.4, -0.2) is 37.2 Å². The van der Waals surface area contributed by atoms with Crippen LogP contribution in [0.5, 0.6) is 0 Å². The van der Waals surface area contributed by atoms with Crippen molar-refractivity contribution < 1.29 is 28.6 Å². The summed E-state index contributed by atoms with van der Waals surface area (Å²) >= 11 is 0. The molecule has 0 aromatic carbocycles. The molecular formula is C71H126O6. The Morgan fingerprint density at radius 3 is 0.818 bits per heavy atom. The molecule has 0 rings (SSSR count). The second-order valence-electron chi connectivity index (χ2n) is 22.4. The predicted molar refractivity (Wildman–Crippen MR) is 335 cm³/mol. The Morgan fingerprint density at radius 1 is 0.273 bits per heavy atom. The van der Waals surface area contributed by atoms with Gasteiger partial charge in [0.2, 0.25) is 0 Å². The third-order valence-corrected chi connectivity index (χ3v) is 14.7. The van der Waals surface area contributed by atoms with Gasteiger partial charge in [-0.15, -0.1) is 0 Å². The van der Waals surface area contributed by atoms with Gasteiger partial charge in [0.15, 0.2) is 6.10 Å². The van der Waals surface area contributed by atoms with Crippen LogP contribution in [0.2, 0.25) is 0 Å². The van der Waals surface area contributed by atoms with Gasteiger partial charge in [-0.1, -0.05) is 306 Å². The van der Waals surface area contributed by atoms with Crippen molar-refractivity contribution in [2.45, 2.75) is 348 Å². The second kappa shape index (κ2) is 65.4. The van der Waals surface area contributed by atoms with Crippen molar-refractivity contribution >= 4 is 17.9 Å². The van der Waals surface area contributed by atoms with Crippen LogP contribution in [0.4, 0.5) is 0 Å². The van der Waals surface area contributed by atoms with Crippen molar-refractivity contribution in [3.8, 4) is 0 Å². The summed E-state index contributed by atoms with van der Waals surface area (Å²) in [6, 6.07) is 0. The van der Waals surface area contributed by atoms with Crippen molar-refractivity contribution in [3.05, 3.63) is 72.9 Å². The summed E-state index contributed by atoms with van der Waals surface area (Å²) in [6.07, 6.45) is 84.8. The molecule has 0 fully saturated rings. The number of carbonyl (C=O) groups excluding carboxylic acids is 3. The zero-order chi connectivity index (χ0) is 55.7. The monoisotopic (exact) mass is 1070 g/mol. The summed E-state index contributed by atoms with van der Waals surface area (Å²) < 4.78 is 17.0. The number of ether oxygens (including phenoxy) is 3. The summed E-state index contributed by atoms with van der Waals surface area (Å²) in [4.78, 5) is 38.4. The van der Waals surface area contributed by atoms with E-state index in [9.17, 15) is 14.4 Å². The van der Waals surface area contributed by atoms with E-state index in [0.717, 1.165) is 96.3 Å². The number of unbranched alkanes of at least 4 members (excludes halogenated alkanes) is 38. The first kappa shape index (κ1) is 73.8. The van der Waals surface area contributed by atoms with E-state index in [4.69, 9.17) is 14.2 Å². The van der Waals surface area contributed by atoms with Gasteiger partial charge in [0, 0.05) is 19.3 Å². The standard InChI is InChI=1S/C71H126O6/c1-4-7-10-13-16-19-22-25-28-31-34-35-38-41-44-47-50-53-56-59-62-65-71(74)77-68(66-75-69(72)63-60-57-54-51-48-45-42-39-36-32-29-26-23-20-17-14-11-8-5-2)67-76-70(73)64-61-58-55-52-49-46-43-40-37-33-30-27-24-21-18-15-12-9-6-3/h8,11,17,20,25-26,28-29,36,39,45,48,68H,4-7,9-10,12-16,18-19,21-24,27,30-35,37-38,40-44,46-47,49-67H2,1-3H3/b11-8-,20-17-,28-25-,29-26-,39-36-,48-45-/t68-/m1/s1. The Labute approximate surface area is 478 Å². The van der Waals surface area contributed by atoms with Crippen LogP contribution in [0.3, 0.4) is 0 Å². The predicted octanol–water partition coefficient (Wildman–Crippen LogP) is 22.9. The zero-order valence-electron chi connectivity index (χ0n) is 51.2. The molecular weight excluding hydrogens is 949 g/mol. The number of esters is 3. The van der Waals surface area contributed by atoms with Crippen molar-refractivity contribution in [3.63, 3.8) is 0 Å². The van der Waals surface area contributed by atoms with Crippen molar-refractivity contribution in [1.82, 2.24) is 0 Å². The summed E-state index contributed by atoms with van der Waals surface area (Å²) in [5.41, 5.74) is 0. The number of allylic oxidation sites excluding steroid dienone is 12. The third kappa shape index (κ3) is 63.6. The van der Waals surface area contributed by atoms with E-state index in [1.54, 1.807) is 0 Å². The molecule has 446 valence electrons. The number of carbonyl (C=O) groups is 3. The number of hydrogen-bond donors (Lipinski definition) is 0. The van der Waals surface area contributed by atoms with Gasteiger partial charge in [0.25, 0.3) is 0 Å². The van der Waals surface area contributed by atoms with Crippen LogP contribution >= 0.6 is 0 Å². The van der Waals surface area contributed by atoms with E-state index < -0.39 is 6.10 Å². The molecule has 0 heterocycles. The Balaban J connectivity index is 4.40. The van der Waals surface area contributed by atoms with Gasteiger partial charge in [0.1, 0.15) is 13.2 Å². The van der Waals surface area contributed by atoms with Gasteiger partial charge in [-0.2, -0.15) is 0 Å². The SMILES string of the molecule is CC/C=C\C/C=C\C/C=C\C/C=C\C/C=C\CCCCCC(=O)OC[C@H](COC(=O)CCCCCCCCCCCCCCCCCCCCC)OC(=O)CCCCCCCCCCCCC/C=C\CCCCCCCC. The topological polar surface area (TPSA) is 78.9 Å². The first-order valence-corrected chi connectivity index (χ1v) is 33.4. The van der Waals surface area contributed by atoms with Crippen LogP contribution in [0, 0.1) is 0 Å². The van der Waals surface area contributed by atoms with Crippen molar-refractivity contribution in [1.29, 1.82) is 0 Å². The minimum atomic E-state index is -0.790. The summed E-state index contributed by atoms with van der Waals surface area (Å²) in [5, 5.41) is 0. The minimum absolute atomic E-state index is 0.0828. The Kier molecular flexibility index (Phi) is 62.7. The van der Waals surface area contributed by atoms with Crippen LogP contribution in [0.15, 0.2) is 72.9 Å². The molecule has 6 nitrogen and oxygen atoms in total. The lowest BCUT2D eigenvalue weighted by Crippen LogP contribution is -2.30. The molecule has 77 heavy (non-hydrogen) atoms. The minimum Gasteiger partial charge on any atom is -0.462 e. The molecule has 1 atom stereocenters. The van der Waals surface area contributed by atoms with Gasteiger partial charge in [-0.25, -0.2) is 0 Å². The molecule has 0 aliphatic heterocycles. The van der Waals surface area contributed by atoms with E-state index in [1.807, 2.05) is 0 Å². The highest BCUT2D eigenvalue weighted by molar-refractivity contribution is 5.71. The van der Waals surface area contributed by atoms with Gasteiger partial charge >= 0.3 is 17.9 Å². The van der Waals surface area contributed by atoms with Crippen LogP contribution in [0.25, 0.3) is 0 Å². The molecule has 0 aromatic rings. The van der Waals surface area contributed by atoms with Crippen molar-refractivity contribution in [2.75, 3.05) is 13.2 Å². The highest BCUT2D eigenvalue weighted by Crippen LogP contribution is 2.17. The van der Waals surface area contributed by atoms with Gasteiger partial charge in [0.05, 0.1) is 0 Å². The third-order valence-electron chi connectivity index (χ3n) is 14.7. The fraction of sp³-hybridized carbons (Fsp3) is 0.789. The largest absolute Gasteiger partial charge is 0.462 e. The lowest BCUT2D eigenvalue weighted by molar-refractivity contribution is -0.167. The molecule has 0 aromatic heterocycles. The normalized spacial score (nSPS) is 12.5. The lowest BCUT2D eigenvalue weighted by atomic mass is 10.0. The van der Waals surface area contributed by atoms with E-state index in [-0.39, 0.29) is 31.1 Å². The molecule has 0 aliphatic carbocycles. The highest BCUT2D eigenvalue weighted by Gasteiger charge is 2.19. The quantitative estimate of drug-likeness (QED) is 0.0261. The average molecular weight is 1080 g/mol. The molecule has 0 saturated carbocycles. The molecule has 0 amide bonds. The van der Waals surface area contributed by atoms with Crippen molar-refractivity contribution in [2.24, 2.45) is 0 Å². The zero-order valence-corrected chi connectivity index (χ0v) is 51.2. The Morgan fingerprint density at radius 2 is 0.506 bits per heavy atom. The van der Waals surface area contributed by atoms with Gasteiger partial charge < -0.3 is 14.2 Å². The highest BCUT2D eigenvalue weighted by atomic mass is 16.6. The average Bonchev–Trinajstić information content (AvgIpc) is 3.43. The van der Waals surface area contributed by atoms with E-state index in [1.165, 1.54) is 205 Å². The second-order valence-corrected chi connectivity index (χ2v) is 22.4. The van der Waals surface area contributed by atoms with Gasteiger partial charge in [-0.05, 0) is 89.9 Å². The summed E-state index contributed by atoms with van der Waals surface area (Å²) in [6.45, 7) is 6.55. The first-order valence-electron chi connectivity index (χ1n) is 33.4. The lowest BCUT2D eigenvalue weighted by Gasteiger charge is -2.18. The molecule has 0 unspecified atom stereocenters. The fourth-order valence-corrected chi connectivity index (χ4v) is 9.70. The number of rotatable bonds is 61. The van der Waals surface area contributed by atoms with Gasteiger partial charge in [-0.3, -0.25) is 14.4 Å². The fourth-order valence-electron chi connectivity index (χ4n) is 9.70. The molecule has 0 aliphatic rings. The maximum absolute atomic E-state index is 12.9. The molecule has 0 spiro atoms. The summed E-state index contributed by atoms with van der Waals surface area (Å²) in [7, 11) is 0. The Bertz CT molecular complexity index is 1420. The van der Waals surface area contributed by atoms with E-state index in [2.05, 4.69) is 93.7 Å². The molecule has 0 saturated heterocycles. The van der Waals surface area contributed by atoms with Crippen LogP contribution < -0.4 is 0 Å². The maximum Gasteiger partial charge on any atom is 0.306 e. The molecule has 6 heteroatoms. The summed E-state index contributed by atoms with van der Waals surface area (Å²) in [5.74, 6) is -0.897. The van der Waals surface area contributed by atoms with Crippen LogP contribution in [0.1, 0.15) is 342 Å². The molecule has 0 bridgehead atoms. The molecule has 0 N–H and O–H groups in total.